The molecule has 19 heavy (non-hydrogen) atoms. The normalized spacial score (nSPS) is 14.6. The number of aromatic nitrogens is 1. The van der Waals surface area contributed by atoms with Crippen LogP contribution in [0, 0.1) is 5.92 Å². The molecule has 0 radical (unpaired) electrons. The monoisotopic (exact) mass is 255 g/mol. The first-order chi connectivity index (χ1) is 9.15. The van der Waals surface area contributed by atoms with E-state index in [-0.39, 0.29) is 0 Å². The third-order valence-corrected chi connectivity index (χ3v) is 3.59. The summed E-state index contributed by atoms with van der Waals surface area (Å²) in [4.78, 5) is 18.3. The molecule has 1 saturated carbocycles. The van der Waals surface area contributed by atoms with Gasteiger partial charge in [-0.1, -0.05) is 18.2 Å². The summed E-state index contributed by atoms with van der Waals surface area (Å²) in [6.07, 6.45) is 2.58. The molecular formula is C15H17N3O. The second-order valence-corrected chi connectivity index (χ2v) is 5.23. The maximum Gasteiger partial charge on any atom is 0.249 e. The van der Waals surface area contributed by atoms with E-state index in [1.54, 1.807) is 6.07 Å². The standard InChI is InChI=1S/C15H17N3O/c1-18(9-10-6-7-10)14-8-12(15(16)19)11-4-2-3-5-13(11)17-14/h2-5,8,10H,6-7,9H2,1H3,(H2,16,19). The summed E-state index contributed by atoms with van der Waals surface area (Å²) in [5, 5.41) is 0.818. The lowest BCUT2D eigenvalue weighted by atomic mass is 10.1. The fourth-order valence-electron chi connectivity index (χ4n) is 2.34. The number of anilines is 1. The van der Waals surface area contributed by atoms with Gasteiger partial charge in [-0.3, -0.25) is 4.79 Å². The molecule has 1 aliphatic rings. The SMILES string of the molecule is CN(CC1CC1)c1cc(C(N)=O)c2ccccc2n1. The van der Waals surface area contributed by atoms with Crippen LogP contribution in [0.25, 0.3) is 10.9 Å². The van der Waals surface area contributed by atoms with Gasteiger partial charge < -0.3 is 10.6 Å². The highest BCUT2D eigenvalue weighted by Gasteiger charge is 2.24. The van der Waals surface area contributed by atoms with E-state index in [0.29, 0.717) is 5.56 Å². The maximum absolute atomic E-state index is 11.6. The lowest BCUT2D eigenvalue weighted by molar-refractivity contribution is 0.100. The highest BCUT2D eigenvalue weighted by atomic mass is 16.1. The number of rotatable bonds is 4. The van der Waals surface area contributed by atoms with Gasteiger partial charge in [0.1, 0.15) is 5.82 Å². The third kappa shape index (κ3) is 2.38. The predicted molar refractivity (Wildman–Crippen MR) is 76.3 cm³/mol. The van der Waals surface area contributed by atoms with Crippen LogP contribution >= 0.6 is 0 Å². The highest BCUT2D eigenvalue weighted by molar-refractivity contribution is 6.06. The molecule has 1 heterocycles. The van der Waals surface area contributed by atoms with Crippen molar-refractivity contribution in [1.29, 1.82) is 0 Å². The zero-order valence-electron chi connectivity index (χ0n) is 11.0. The lowest BCUT2D eigenvalue weighted by Crippen LogP contribution is -2.22. The van der Waals surface area contributed by atoms with Crippen molar-refractivity contribution in [3.05, 3.63) is 35.9 Å². The number of carbonyl (C=O) groups is 1. The summed E-state index contributed by atoms with van der Waals surface area (Å²) in [6.45, 7) is 0.990. The molecule has 4 heteroatoms. The van der Waals surface area contributed by atoms with Crippen molar-refractivity contribution >= 4 is 22.6 Å². The van der Waals surface area contributed by atoms with E-state index in [2.05, 4.69) is 9.88 Å². The van der Waals surface area contributed by atoms with Crippen LogP contribution in [-0.2, 0) is 0 Å². The van der Waals surface area contributed by atoms with Gasteiger partial charge in [0, 0.05) is 19.0 Å². The molecule has 1 aliphatic carbocycles. The van der Waals surface area contributed by atoms with Crippen molar-refractivity contribution in [3.8, 4) is 0 Å². The second-order valence-electron chi connectivity index (χ2n) is 5.23. The maximum atomic E-state index is 11.6. The topological polar surface area (TPSA) is 59.2 Å². The minimum absolute atomic E-state index is 0.403. The minimum Gasteiger partial charge on any atom is -0.366 e. The van der Waals surface area contributed by atoms with Crippen molar-refractivity contribution in [2.45, 2.75) is 12.8 Å². The number of nitrogens with two attached hydrogens (primary N) is 1. The van der Waals surface area contributed by atoms with Gasteiger partial charge in [-0.2, -0.15) is 0 Å². The summed E-state index contributed by atoms with van der Waals surface area (Å²) >= 11 is 0. The summed E-state index contributed by atoms with van der Waals surface area (Å²) in [5.41, 5.74) is 6.84. The van der Waals surface area contributed by atoms with E-state index < -0.39 is 5.91 Å². The van der Waals surface area contributed by atoms with Crippen LogP contribution in [0.1, 0.15) is 23.2 Å². The number of primary amides is 1. The molecule has 1 aromatic carbocycles. The largest absolute Gasteiger partial charge is 0.366 e. The molecule has 0 bridgehead atoms. The molecule has 2 N–H and O–H groups in total. The van der Waals surface area contributed by atoms with E-state index in [9.17, 15) is 4.79 Å². The summed E-state index contributed by atoms with van der Waals surface area (Å²) in [5.74, 6) is 1.19. The van der Waals surface area contributed by atoms with Gasteiger partial charge in [0.05, 0.1) is 11.1 Å². The van der Waals surface area contributed by atoms with Gasteiger partial charge in [-0.15, -0.1) is 0 Å². The van der Waals surface area contributed by atoms with E-state index in [1.165, 1.54) is 12.8 Å². The zero-order valence-corrected chi connectivity index (χ0v) is 11.0. The van der Waals surface area contributed by atoms with Crippen molar-refractivity contribution in [2.24, 2.45) is 11.7 Å². The summed E-state index contributed by atoms with van der Waals surface area (Å²) < 4.78 is 0. The quantitative estimate of drug-likeness (QED) is 0.911. The average Bonchev–Trinajstić information content (AvgIpc) is 3.21. The first kappa shape index (κ1) is 12.0. The molecule has 1 amide bonds. The van der Waals surface area contributed by atoms with Crippen LogP contribution in [0.15, 0.2) is 30.3 Å². The van der Waals surface area contributed by atoms with Crippen LogP contribution in [0.4, 0.5) is 5.82 Å². The summed E-state index contributed by atoms with van der Waals surface area (Å²) in [7, 11) is 2.01. The Hall–Kier alpha value is -2.10. The van der Waals surface area contributed by atoms with Crippen molar-refractivity contribution in [2.75, 3.05) is 18.5 Å². The van der Waals surface area contributed by atoms with E-state index in [4.69, 9.17) is 5.73 Å². The zero-order chi connectivity index (χ0) is 13.4. The molecule has 1 aromatic heterocycles. The molecule has 1 fully saturated rings. The predicted octanol–water partition coefficient (Wildman–Crippen LogP) is 2.18. The first-order valence-electron chi connectivity index (χ1n) is 6.56. The number of hydrogen-bond donors (Lipinski definition) is 1. The Kier molecular flexibility index (Phi) is 2.85. The Morgan fingerprint density at radius 2 is 2.16 bits per heavy atom. The molecule has 0 atom stereocenters. The van der Waals surface area contributed by atoms with E-state index in [1.807, 2.05) is 31.3 Å². The van der Waals surface area contributed by atoms with Crippen LogP contribution in [0.5, 0.6) is 0 Å². The number of para-hydroxylation sites is 1. The lowest BCUT2D eigenvalue weighted by Gasteiger charge is -2.19. The second kappa shape index (κ2) is 4.53. The highest BCUT2D eigenvalue weighted by Crippen LogP contribution is 2.31. The number of amides is 1. The van der Waals surface area contributed by atoms with Crippen molar-refractivity contribution in [1.82, 2.24) is 4.98 Å². The van der Waals surface area contributed by atoms with Crippen molar-refractivity contribution in [3.63, 3.8) is 0 Å². The third-order valence-electron chi connectivity index (χ3n) is 3.59. The van der Waals surface area contributed by atoms with Crippen LogP contribution in [-0.4, -0.2) is 24.5 Å². The Morgan fingerprint density at radius 1 is 1.42 bits per heavy atom. The molecular weight excluding hydrogens is 238 g/mol. The van der Waals surface area contributed by atoms with Gasteiger partial charge in [-0.25, -0.2) is 4.98 Å². The molecule has 2 aromatic rings. The van der Waals surface area contributed by atoms with Gasteiger partial charge in [-0.05, 0) is 30.9 Å². The Bertz CT molecular complexity index is 634. The Labute approximate surface area is 112 Å². The number of carbonyl (C=O) groups excluding carboxylic acids is 1. The van der Waals surface area contributed by atoms with Gasteiger partial charge in [0.15, 0.2) is 0 Å². The van der Waals surface area contributed by atoms with Gasteiger partial charge in [0.25, 0.3) is 0 Å². The number of hydrogen-bond acceptors (Lipinski definition) is 3. The number of fused-ring (bicyclic) bond motifs is 1. The summed E-state index contributed by atoms with van der Waals surface area (Å²) in [6, 6.07) is 9.41. The fourth-order valence-corrected chi connectivity index (χ4v) is 2.34. The molecule has 0 unspecified atom stereocenters. The molecule has 4 nitrogen and oxygen atoms in total. The van der Waals surface area contributed by atoms with E-state index >= 15 is 0 Å². The number of pyridine rings is 1. The number of nitrogens with zero attached hydrogens (tertiary/aromatic N) is 2. The molecule has 98 valence electrons. The molecule has 0 spiro atoms. The number of benzene rings is 1. The van der Waals surface area contributed by atoms with E-state index in [0.717, 1.165) is 29.2 Å². The van der Waals surface area contributed by atoms with Crippen LogP contribution in [0.3, 0.4) is 0 Å². The Balaban J connectivity index is 2.07. The van der Waals surface area contributed by atoms with Crippen molar-refractivity contribution < 1.29 is 4.79 Å². The van der Waals surface area contributed by atoms with Crippen LogP contribution in [0.2, 0.25) is 0 Å². The van der Waals surface area contributed by atoms with Gasteiger partial charge >= 0.3 is 0 Å². The molecule has 0 aliphatic heterocycles. The van der Waals surface area contributed by atoms with Gasteiger partial charge in [0.2, 0.25) is 5.91 Å². The Morgan fingerprint density at radius 3 is 2.84 bits per heavy atom. The molecule has 3 rings (SSSR count). The smallest absolute Gasteiger partial charge is 0.249 e. The average molecular weight is 255 g/mol. The first-order valence-corrected chi connectivity index (χ1v) is 6.56. The molecule has 0 saturated heterocycles. The fraction of sp³-hybridized carbons (Fsp3) is 0.333. The van der Waals surface area contributed by atoms with Crippen LogP contribution < -0.4 is 10.6 Å². The minimum atomic E-state index is -0.403.